The summed E-state index contributed by atoms with van der Waals surface area (Å²) in [5, 5.41) is 6.47. The Morgan fingerprint density at radius 1 is 1.30 bits per heavy atom. The standard InChI is InChI=1S/C19H19F3N2O3/c1-13-17(14(2)27-24-13)8-9-18(25)23-10-3-4-11-26-16-7-5-6-15(12-16)19(20,21)22/h5-7,12H,8-11H2,1-2H3,(H,23,25). The zero-order chi connectivity index (χ0) is 19.9. The molecule has 1 N–H and O–H groups in total. The van der Waals surface area contributed by atoms with Gasteiger partial charge in [-0.2, -0.15) is 13.2 Å². The van der Waals surface area contributed by atoms with Crippen LogP contribution in [0.25, 0.3) is 0 Å². The van der Waals surface area contributed by atoms with Gasteiger partial charge in [0.05, 0.1) is 17.8 Å². The van der Waals surface area contributed by atoms with Crippen LogP contribution in [0.4, 0.5) is 13.2 Å². The fraction of sp³-hybridized carbons (Fsp3) is 0.368. The van der Waals surface area contributed by atoms with Crippen LogP contribution >= 0.6 is 0 Å². The van der Waals surface area contributed by atoms with Crippen LogP contribution in [0.15, 0.2) is 28.8 Å². The Kier molecular flexibility index (Phi) is 6.88. The molecule has 1 aromatic carbocycles. The number of aromatic nitrogens is 1. The van der Waals surface area contributed by atoms with E-state index in [1.54, 1.807) is 6.92 Å². The lowest BCUT2D eigenvalue weighted by atomic mass is 10.1. The Morgan fingerprint density at radius 3 is 2.74 bits per heavy atom. The third kappa shape index (κ3) is 6.37. The molecule has 0 aliphatic heterocycles. The van der Waals surface area contributed by atoms with Crippen LogP contribution < -0.4 is 10.1 Å². The lowest BCUT2D eigenvalue weighted by Gasteiger charge is -2.08. The van der Waals surface area contributed by atoms with Crippen molar-refractivity contribution < 1.29 is 27.2 Å². The Hall–Kier alpha value is -2.95. The molecule has 0 saturated carbocycles. The van der Waals surface area contributed by atoms with E-state index in [-0.39, 0.29) is 31.2 Å². The predicted octanol–water partition coefficient (Wildman–Crippen LogP) is 3.44. The molecule has 1 aromatic heterocycles. The number of hydrogen-bond acceptors (Lipinski definition) is 4. The Bertz CT molecular complexity index is 828. The molecular formula is C19H19F3N2O3. The maximum Gasteiger partial charge on any atom is 0.416 e. The molecule has 1 amide bonds. The van der Waals surface area contributed by atoms with Gasteiger partial charge in [-0.25, -0.2) is 0 Å². The van der Waals surface area contributed by atoms with Crippen molar-refractivity contribution in [2.24, 2.45) is 0 Å². The van der Waals surface area contributed by atoms with E-state index in [1.165, 1.54) is 12.1 Å². The molecule has 8 heteroatoms. The quantitative estimate of drug-likeness (QED) is 0.780. The van der Waals surface area contributed by atoms with Crippen LogP contribution in [0.5, 0.6) is 5.75 Å². The fourth-order valence-corrected chi connectivity index (χ4v) is 2.32. The molecule has 0 atom stereocenters. The third-order valence-electron chi connectivity index (χ3n) is 3.75. The summed E-state index contributed by atoms with van der Waals surface area (Å²) in [5.74, 6) is 5.95. The summed E-state index contributed by atoms with van der Waals surface area (Å²) in [7, 11) is 0. The molecule has 0 unspecified atom stereocenters. The maximum atomic E-state index is 12.6. The smallest absolute Gasteiger partial charge is 0.416 e. The first-order chi connectivity index (χ1) is 12.8. The number of aryl methyl sites for hydroxylation is 2. The van der Waals surface area contributed by atoms with Gasteiger partial charge in [0.2, 0.25) is 5.91 Å². The van der Waals surface area contributed by atoms with E-state index in [1.807, 2.05) is 6.92 Å². The molecule has 0 saturated heterocycles. The van der Waals surface area contributed by atoms with Crippen molar-refractivity contribution in [3.05, 3.63) is 46.8 Å². The highest BCUT2D eigenvalue weighted by Crippen LogP contribution is 2.31. The Balaban J connectivity index is 1.69. The first-order valence-electron chi connectivity index (χ1n) is 8.21. The molecular weight excluding hydrogens is 361 g/mol. The van der Waals surface area contributed by atoms with Crippen LogP contribution in [0, 0.1) is 25.7 Å². The summed E-state index contributed by atoms with van der Waals surface area (Å²) < 4.78 is 48.0. The van der Waals surface area contributed by atoms with E-state index in [2.05, 4.69) is 22.3 Å². The first kappa shape index (κ1) is 20.4. The van der Waals surface area contributed by atoms with Crippen molar-refractivity contribution in [2.45, 2.75) is 32.9 Å². The minimum Gasteiger partial charge on any atom is -0.481 e. The van der Waals surface area contributed by atoms with Gasteiger partial charge in [-0.05, 0) is 38.5 Å². The Labute approximate surface area is 154 Å². The van der Waals surface area contributed by atoms with Crippen LogP contribution in [0.1, 0.15) is 29.0 Å². The van der Waals surface area contributed by atoms with Gasteiger partial charge in [0.15, 0.2) is 0 Å². The monoisotopic (exact) mass is 380 g/mol. The van der Waals surface area contributed by atoms with Gasteiger partial charge in [-0.1, -0.05) is 23.1 Å². The molecule has 0 aliphatic rings. The van der Waals surface area contributed by atoms with Gasteiger partial charge in [-0.15, -0.1) is 0 Å². The van der Waals surface area contributed by atoms with Gasteiger partial charge >= 0.3 is 6.18 Å². The van der Waals surface area contributed by atoms with Crippen molar-refractivity contribution in [3.63, 3.8) is 0 Å². The SMILES string of the molecule is Cc1noc(C)c1CCC(=O)NCC#CCOc1cccc(C(F)(F)F)c1. The summed E-state index contributed by atoms with van der Waals surface area (Å²) in [6.45, 7) is 3.67. The van der Waals surface area contributed by atoms with Gasteiger partial charge in [0.25, 0.3) is 0 Å². The topological polar surface area (TPSA) is 64.4 Å². The number of rotatable bonds is 6. The minimum absolute atomic E-state index is 0.0732. The highest BCUT2D eigenvalue weighted by Gasteiger charge is 2.30. The number of alkyl halides is 3. The number of halogens is 3. The van der Waals surface area contributed by atoms with Gasteiger partial charge in [-0.3, -0.25) is 4.79 Å². The number of amides is 1. The van der Waals surface area contributed by atoms with Crippen LogP contribution in [-0.2, 0) is 17.4 Å². The summed E-state index contributed by atoms with van der Waals surface area (Å²) in [5.41, 5.74) is 0.913. The van der Waals surface area contributed by atoms with E-state index >= 15 is 0 Å². The molecule has 0 bridgehead atoms. The molecule has 144 valence electrons. The average molecular weight is 380 g/mol. The number of carbonyl (C=O) groups excluding carboxylic acids is 1. The average Bonchev–Trinajstić information content (AvgIpc) is 2.94. The van der Waals surface area contributed by atoms with E-state index in [9.17, 15) is 18.0 Å². The zero-order valence-corrected chi connectivity index (χ0v) is 14.9. The van der Waals surface area contributed by atoms with E-state index in [0.717, 1.165) is 23.4 Å². The van der Waals surface area contributed by atoms with Crippen molar-refractivity contribution in [1.82, 2.24) is 10.5 Å². The highest BCUT2D eigenvalue weighted by molar-refractivity contribution is 5.76. The molecule has 2 rings (SSSR count). The first-order valence-corrected chi connectivity index (χ1v) is 8.21. The Morgan fingerprint density at radius 2 is 2.07 bits per heavy atom. The molecule has 0 spiro atoms. The largest absolute Gasteiger partial charge is 0.481 e. The highest BCUT2D eigenvalue weighted by atomic mass is 19.4. The summed E-state index contributed by atoms with van der Waals surface area (Å²) in [6, 6.07) is 4.58. The summed E-state index contributed by atoms with van der Waals surface area (Å²) in [6.07, 6.45) is -3.61. The molecule has 5 nitrogen and oxygen atoms in total. The summed E-state index contributed by atoms with van der Waals surface area (Å²) >= 11 is 0. The van der Waals surface area contributed by atoms with E-state index in [0.29, 0.717) is 12.2 Å². The number of hydrogen-bond donors (Lipinski definition) is 1. The van der Waals surface area contributed by atoms with Gasteiger partial charge < -0.3 is 14.6 Å². The maximum absolute atomic E-state index is 12.6. The van der Waals surface area contributed by atoms with Crippen LogP contribution in [0.2, 0.25) is 0 Å². The van der Waals surface area contributed by atoms with Crippen molar-refractivity contribution >= 4 is 5.91 Å². The number of ether oxygens (including phenoxy) is 1. The molecule has 0 aliphatic carbocycles. The normalized spacial score (nSPS) is 10.9. The molecule has 0 fully saturated rings. The number of carbonyl (C=O) groups is 1. The van der Waals surface area contributed by atoms with E-state index < -0.39 is 11.7 Å². The number of nitrogens with one attached hydrogen (secondary N) is 1. The second-order valence-electron chi connectivity index (χ2n) is 5.75. The minimum atomic E-state index is -4.42. The lowest BCUT2D eigenvalue weighted by molar-refractivity contribution is -0.137. The van der Waals surface area contributed by atoms with E-state index in [4.69, 9.17) is 9.26 Å². The second kappa shape index (κ2) is 9.12. The predicted molar refractivity (Wildman–Crippen MR) is 92.0 cm³/mol. The number of benzene rings is 1. The van der Waals surface area contributed by atoms with Crippen molar-refractivity contribution in [1.29, 1.82) is 0 Å². The second-order valence-corrected chi connectivity index (χ2v) is 5.75. The fourth-order valence-electron chi connectivity index (χ4n) is 2.32. The number of nitrogens with zero attached hydrogens (tertiary/aromatic N) is 1. The molecule has 27 heavy (non-hydrogen) atoms. The molecule has 1 heterocycles. The molecule has 0 radical (unpaired) electrons. The zero-order valence-electron chi connectivity index (χ0n) is 14.9. The summed E-state index contributed by atoms with van der Waals surface area (Å²) in [4.78, 5) is 11.8. The third-order valence-corrected chi connectivity index (χ3v) is 3.75. The molecule has 2 aromatic rings. The van der Waals surface area contributed by atoms with Gasteiger partial charge in [0, 0.05) is 12.0 Å². The van der Waals surface area contributed by atoms with Crippen molar-refractivity contribution in [3.8, 4) is 17.6 Å². The van der Waals surface area contributed by atoms with Crippen LogP contribution in [0.3, 0.4) is 0 Å². The van der Waals surface area contributed by atoms with Crippen molar-refractivity contribution in [2.75, 3.05) is 13.2 Å². The lowest BCUT2D eigenvalue weighted by Crippen LogP contribution is -2.24. The van der Waals surface area contributed by atoms with Gasteiger partial charge in [0.1, 0.15) is 18.1 Å². The van der Waals surface area contributed by atoms with Crippen LogP contribution in [-0.4, -0.2) is 24.2 Å².